The predicted molar refractivity (Wildman–Crippen MR) is 86.4 cm³/mol. The van der Waals surface area contributed by atoms with Crippen LogP contribution in [-0.2, 0) is 0 Å². The van der Waals surface area contributed by atoms with E-state index in [1.165, 1.54) is 24.0 Å². The summed E-state index contributed by atoms with van der Waals surface area (Å²) >= 11 is 0. The fourth-order valence-electron chi connectivity index (χ4n) is 3.87. The van der Waals surface area contributed by atoms with E-state index in [0.717, 1.165) is 44.2 Å². The first-order valence-corrected chi connectivity index (χ1v) is 8.41. The molecule has 1 aromatic carbocycles. The van der Waals surface area contributed by atoms with Crippen LogP contribution in [0.3, 0.4) is 0 Å². The Kier molecular flexibility index (Phi) is 3.35. The summed E-state index contributed by atoms with van der Waals surface area (Å²) in [6.45, 7) is 5.64. The van der Waals surface area contributed by atoms with Crippen LogP contribution in [0.4, 0.5) is 0 Å². The highest BCUT2D eigenvalue weighted by Crippen LogP contribution is 2.50. The van der Waals surface area contributed by atoms with Crippen LogP contribution in [0.1, 0.15) is 36.4 Å². The molecule has 22 heavy (non-hydrogen) atoms. The molecule has 1 saturated heterocycles. The zero-order valence-corrected chi connectivity index (χ0v) is 13.6. The van der Waals surface area contributed by atoms with Gasteiger partial charge in [-0.2, -0.15) is 0 Å². The molecule has 0 bridgehead atoms. The van der Waals surface area contributed by atoms with E-state index < -0.39 is 0 Å². The van der Waals surface area contributed by atoms with Gasteiger partial charge >= 0.3 is 0 Å². The Labute approximate surface area is 132 Å². The number of nitrogens with zero attached hydrogens (tertiary/aromatic N) is 1. The van der Waals surface area contributed by atoms with Crippen LogP contribution in [0.25, 0.3) is 0 Å². The number of rotatable bonds is 2. The Morgan fingerprint density at radius 2 is 1.91 bits per heavy atom. The summed E-state index contributed by atoms with van der Waals surface area (Å²) in [5.41, 5.74) is 8.83. The third-order valence-electron chi connectivity index (χ3n) is 5.68. The van der Waals surface area contributed by atoms with Crippen molar-refractivity contribution in [3.63, 3.8) is 0 Å². The third-order valence-corrected chi connectivity index (χ3v) is 5.68. The lowest BCUT2D eigenvalue weighted by Gasteiger charge is -2.23. The number of hydrogen-bond acceptors (Lipinski definition) is 4. The Hall–Kier alpha value is -1.26. The van der Waals surface area contributed by atoms with Crippen LogP contribution < -0.4 is 15.2 Å². The molecule has 2 unspecified atom stereocenters. The predicted octanol–water partition coefficient (Wildman–Crippen LogP) is 2.50. The number of nitrogens with two attached hydrogens (primary N) is 1. The Bertz CT molecular complexity index is 583. The summed E-state index contributed by atoms with van der Waals surface area (Å²) in [5.74, 6) is 2.44. The number of aryl methyl sites for hydroxylation is 1. The molecule has 4 heteroatoms. The van der Waals surface area contributed by atoms with Gasteiger partial charge in [0.1, 0.15) is 0 Å². The fourth-order valence-corrected chi connectivity index (χ4v) is 3.87. The highest BCUT2D eigenvalue weighted by atomic mass is 16.5. The summed E-state index contributed by atoms with van der Waals surface area (Å²) in [6, 6.07) is 4.82. The van der Waals surface area contributed by atoms with Crippen LogP contribution >= 0.6 is 0 Å². The zero-order valence-electron chi connectivity index (χ0n) is 13.6. The molecule has 4 rings (SSSR count). The van der Waals surface area contributed by atoms with Crippen molar-refractivity contribution in [2.75, 3.05) is 33.4 Å². The molecule has 0 aromatic heterocycles. The minimum Gasteiger partial charge on any atom is -0.489 e. The van der Waals surface area contributed by atoms with Crippen molar-refractivity contribution < 1.29 is 9.47 Å². The van der Waals surface area contributed by atoms with Crippen molar-refractivity contribution in [2.24, 2.45) is 17.1 Å². The first-order chi connectivity index (χ1) is 10.6. The molecule has 2 heterocycles. The van der Waals surface area contributed by atoms with E-state index in [2.05, 4.69) is 31.0 Å². The van der Waals surface area contributed by atoms with Gasteiger partial charge in [0.2, 0.25) is 0 Å². The number of benzene rings is 1. The third kappa shape index (κ3) is 2.38. The lowest BCUT2D eigenvalue weighted by Crippen LogP contribution is -2.21. The van der Waals surface area contributed by atoms with Crippen molar-refractivity contribution in [3.05, 3.63) is 23.3 Å². The fraction of sp³-hybridized carbons (Fsp3) is 0.667. The van der Waals surface area contributed by atoms with E-state index in [1.54, 1.807) is 0 Å². The molecule has 120 valence electrons. The zero-order chi connectivity index (χ0) is 15.3. The second kappa shape index (κ2) is 5.14. The second-order valence-electron chi connectivity index (χ2n) is 7.53. The van der Waals surface area contributed by atoms with E-state index in [9.17, 15) is 0 Å². The van der Waals surface area contributed by atoms with E-state index in [4.69, 9.17) is 15.2 Å². The smallest absolute Gasteiger partial charge is 0.161 e. The largest absolute Gasteiger partial charge is 0.489 e. The molecule has 2 aliphatic heterocycles. The maximum Gasteiger partial charge on any atom is 0.161 e. The number of likely N-dealkylation sites (tertiary alicyclic amines) is 1. The maximum atomic E-state index is 6.10. The van der Waals surface area contributed by atoms with Gasteiger partial charge in [0.15, 0.2) is 11.5 Å². The van der Waals surface area contributed by atoms with Crippen LogP contribution in [0.2, 0.25) is 0 Å². The molecule has 3 aliphatic rings. The van der Waals surface area contributed by atoms with Crippen molar-refractivity contribution in [3.8, 4) is 11.5 Å². The molecule has 4 nitrogen and oxygen atoms in total. The molecule has 1 aromatic rings. The summed E-state index contributed by atoms with van der Waals surface area (Å²) in [7, 11) is 2.20. The van der Waals surface area contributed by atoms with Gasteiger partial charge in [-0.3, -0.25) is 4.90 Å². The highest BCUT2D eigenvalue weighted by molar-refractivity contribution is 5.49. The van der Waals surface area contributed by atoms with Gasteiger partial charge in [0.25, 0.3) is 0 Å². The molecule has 1 aliphatic carbocycles. The van der Waals surface area contributed by atoms with Crippen LogP contribution in [0, 0.1) is 18.3 Å². The summed E-state index contributed by atoms with van der Waals surface area (Å²) < 4.78 is 12.1. The molecular weight excluding hydrogens is 276 g/mol. The van der Waals surface area contributed by atoms with Gasteiger partial charge in [-0.1, -0.05) is 0 Å². The Balaban J connectivity index is 1.63. The Morgan fingerprint density at radius 1 is 1.23 bits per heavy atom. The molecule has 2 N–H and O–H groups in total. The van der Waals surface area contributed by atoms with E-state index in [1.807, 2.05) is 0 Å². The molecule has 1 spiro atoms. The highest BCUT2D eigenvalue weighted by Gasteiger charge is 2.46. The average molecular weight is 302 g/mol. The van der Waals surface area contributed by atoms with Gasteiger partial charge in [-0.15, -0.1) is 0 Å². The summed E-state index contributed by atoms with van der Waals surface area (Å²) in [6.07, 6.45) is 3.60. The topological polar surface area (TPSA) is 47.7 Å². The van der Waals surface area contributed by atoms with Gasteiger partial charge < -0.3 is 15.2 Å². The minimum absolute atomic E-state index is 0.294. The molecule has 0 radical (unpaired) electrons. The lowest BCUT2D eigenvalue weighted by atomic mass is 9.96. The Morgan fingerprint density at radius 3 is 2.50 bits per heavy atom. The molecule has 0 amide bonds. The molecular formula is C18H26N2O2. The van der Waals surface area contributed by atoms with E-state index >= 15 is 0 Å². The van der Waals surface area contributed by atoms with Gasteiger partial charge in [0, 0.05) is 18.0 Å². The standard InChI is InChI=1S/C18H26N2O2/c1-12-5-16-17(22-11-18(3-4-18)10-21-16)7-14(12)15-6-13(8-19)9-20(15)2/h5,7,13,15H,3-4,6,8-11,19H2,1-2H3. The average Bonchev–Trinajstić information content (AvgIpc) is 3.23. The molecule has 2 fully saturated rings. The van der Waals surface area contributed by atoms with Crippen molar-refractivity contribution >= 4 is 0 Å². The van der Waals surface area contributed by atoms with Crippen molar-refractivity contribution in [1.82, 2.24) is 4.90 Å². The van der Waals surface area contributed by atoms with E-state index in [0.29, 0.717) is 17.4 Å². The molecule has 1 saturated carbocycles. The summed E-state index contributed by atoms with van der Waals surface area (Å²) in [5, 5.41) is 0. The first-order valence-electron chi connectivity index (χ1n) is 8.41. The maximum absolute atomic E-state index is 6.10. The monoisotopic (exact) mass is 302 g/mol. The second-order valence-corrected chi connectivity index (χ2v) is 7.53. The van der Waals surface area contributed by atoms with Crippen molar-refractivity contribution in [1.29, 1.82) is 0 Å². The van der Waals surface area contributed by atoms with Crippen LogP contribution in [-0.4, -0.2) is 38.3 Å². The lowest BCUT2D eigenvalue weighted by molar-refractivity contribution is 0.197. The molecule has 2 atom stereocenters. The van der Waals surface area contributed by atoms with Crippen LogP contribution in [0.5, 0.6) is 11.5 Å². The number of ether oxygens (including phenoxy) is 2. The summed E-state index contributed by atoms with van der Waals surface area (Å²) in [4.78, 5) is 2.42. The van der Waals surface area contributed by atoms with Crippen molar-refractivity contribution in [2.45, 2.75) is 32.2 Å². The number of hydrogen-bond donors (Lipinski definition) is 1. The minimum atomic E-state index is 0.294. The SMILES string of the molecule is Cc1cc2c(cc1C1CC(CN)CN1C)OCC1(CC1)CO2. The number of fused-ring (bicyclic) bond motifs is 1. The normalized spacial score (nSPS) is 29.6. The first kappa shape index (κ1) is 14.3. The van der Waals surface area contributed by atoms with Gasteiger partial charge in [-0.05, 0) is 69.0 Å². The van der Waals surface area contributed by atoms with Crippen LogP contribution in [0.15, 0.2) is 12.1 Å². The quantitative estimate of drug-likeness (QED) is 0.912. The van der Waals surface area contributed by atoms with Gasteiger partial charge in [0.05, 0.1) is 13.2 Å². The van der Waals surface area contributed by atoms with Gasteiger partial charge in [-0.25, -0.2) is 0 Å². The van der Waals surface area contributed by atoms with E-state index in [-0.39, 0.29) is 0 Å².